The fourth-order valence-corrected chi connectivity index (χ4v) is 2.38. The van der Waals surface area contributed by atoms with Crippen molar-refractivity contribution in [1.82, 2.24) is 4.90 Å². The van der Waals surface area contributed by atoms with Crippen molar-refractivity contribution < 1.29 is 5.48 Å². The maximum Gasteiger partial charge on any atom is -0.00190 e. The van der Waals surface area contributed by atoms with Crippen molar-refractivity contribution in [2.45, 2.75) is 52.4 Å². The zero-order valence-electron chi connectivity index (χ0n) is 12.7. The molecule has 0 saturated carbocycles. The highest BCUT2D eigenvalue weighted by Gasteiger charge is 1.98. The van der Waals surface area contributed by atoms with Gasteiger partial charge >= 0.3 is 0 Å². The summed E-state index contributed by atoms with van der Waals surface area (Å²) in [5.74, 6) is 0. The third-order valence-corrected chi connectivity index (χ3v) is 3.68. The Morgan fingerprint density at radius 2 is 1.37 bits per heavy atom. The van der Waals surface area contributed by atoms with E-state index in [-0.39, 0.29) is 5.48 Å². The van der Waals surface area contributed by atoms with Gasteiger partial charge in [0.2, 0.25) is 0 Å². The molecular formula is C17H31NO. The molecule has 2 N–H and O–H groups in total. The summed E-state index contributed by atoms with van der Waals surface area (Å²) in [7, 11) is 0. The van der Waals surface area contributed by atoms with Crippen molar-refractivity contribution >= 4 is 0 Å². The molecule has 0 heterocycles. The Kier molecular flexibility index (Phi) is 11.6. The van der Waals surface area contributed by atoms with Crippen LogP contribution in [-0.4, -0.2) is 30.0 Å². The number of hydrogen-bond donors (Lipinski definition) is 0. The van der Waals surface area contributed by atoms with E-state index in [0.717, 1.165) is 0 Å². The van der Waals surface area contributed by atoms with Crippen LogP contribution in [0.25, 0.3) is 0 Å². The van der Waals surface area contributed by atoms with E-state index >= 15 is 0 Å². The molecule has 0 aromatic heterocycles. The van der Waals surface area contributed by atoms with Crippen molar-refractivity contribution in [3.8, 4) is 0 Å². The molecule has 110 valence electrons. The zero-order valence-corrected chi connectivity index (χ0v) is 12.7. The Hall–Kier alpha value is -0.860. The van der Waals surface area contributed by atoms with Gasteiger partial charge in [0.15, 0.2) is 0 Å². The molecule has 2 nitrogen and oxygen atoms in total. The summed E-state index contributed by atoms with van der Waals surface area (Å²) >= 11 is 0. The second-order valence-electron chi connectivity index (χ2n) is 5.03. The number of nitrogens with zero attached hydrogens (tertiary/aromatic N) is 1. The van der Waals surface area contributed by atoms with Crippen LogP contribution in [0.4, 0.5) is 0 Å². The molecule has 0 aliphatic heterocycles. The molecule has 0 aliphatic rings. The number of aryl methyl sites for hydroxylation is 1. The minimum atomic E-state index is 0. The molecule has 0 spiro atoms. The van der Waals surface area contributed by atoms with E-state index in [1.54, 1.807) is 0 Å². The SMILES string of the molecule is CCN(CC)CCCCCCCc1ccccc1.O. The average molecular weight is 265 g/mol. The molecule has 1 aromatic carbocycles. The second-order valence-corrected chi connectivity index (χ2v) is 5.03. The summed E-state index contributed by atoms with van der Waals surface area (Å²) in [6.45, 7) is 8.19. The zero-order chi connectivity index (χ0) is 13.1. The summed E-state index contributed by atoms with van der Waals surface area (Å²) in [5, 5.41) is 0. The van der Waals surface area contributed by atoms with Gasteiger partial charge in [0.05, 0.1) is 0 Å². The highest BCUT2D eigenvalue weighted by atomic mass is 16.0. The molecule has 19 heavy (non-hydrogen) atoms. The largest absolute Gasteiger partial charge is 0.412 e. The van der Waals surface area contributed by atoms with Crippen LogP contribution in [0.5, 0.6) is 0 Å². The van der Waals surface area contributed by atoms with Crippen molar-refractivity contribution in [3.05, 3.63) is 35.9 Å². The van der Waals surface area contributed by atoms with E-state index in [9.17, 15) is 0 Å². The van der Waals surface area contributed by atoms with Gasteiger partial charge < -0.3 is 10.4 Å². The Labute approximate surface area is 119 Å². The molecule has 0 unspecified atom stereocenters. The third kappa shape index (κ3) is 8.79. The van der Waals surface area contributed by atoms with Gasteiger partial charge in [0, 0.05) is 0 Å². The quantitative estimate of drug-likeness (QED) is 0.594. The molecule has 0 atom stereocenters. The van der Waals surface area contributed by atoms with Gasteiger partial charge in [0.25, 0.3) is 0 Å². The molecule has 0 fully saturated rings. The molecule has 0 radical (unpaired) electrons. The molecular weight excluding hydrogens is 234 g/mol. The molecule has 0 saturated heterocycles. The Morgan fingerprint density at radius 3 is 2.00 bits per heavy atom. The van der Waals surface area contributed by atoms with Crippen molar-refractivity contribution in [1.29, 1.82) is 0 Å². The fraction of sp³-hybridized carbons (Fsp3) is 0.647. The monoisotopic (exact) mass is 265 g/mol. The molecule has 1 aromatic rings. The highest BCUT2D eigenvalue weighted by Crippen LogP contribution is 2.09. The predicted molar refractivity (Wildman–Crippen MR) is 84.6 cm³/mol. The summed E-state index contributed by atoms with van der Waals surface area (Å²) in [4.78, 5) is 2.52. The van der Waals surface area contributed by atoms with E-state index in [4.69, 9.17) is 0 Å². The van der Waals surface area contributed by atoms with Crippen molar-refractivity contribution in [3.63, 3.8) is 0 Å². The number of unbranched alkanes of at least 4 members (excludes halogenated alkanes) is 4. The minimum absolute atomic E-state index is 0. The number of benzene rings is 1. The topological polar surface area (TPSA) is 34.7 Å². The normalized spacial score (nSPS) is 10.5. The smallest absolute Gasteiger partial charge is 0.00190 e. The van der Waals surface area contributed by atoms with Gasteiger partial charge in [-0.25, -0.2) is 0 Å². The number of hydrogen-bond acceptors (Lipinski definition) is 1. The molecule has 2 heteroatoms. The van der Waals surface area contributed by atoms with E-state index in [1.165, 1.54) is 63.7 Å². The lowest BCUT2D eigenvalue weighted by Crippen LogP contribution is -2.23. The van der Waals surface area contributed by atoms with E-state index in [0.29, 0.717) is 0 Å². The van der Waals surface area contributed by atoms with Crippen LogP contribution in [0.2, 0.25) is 0 Å². The average Bonchev–Trinajstić information content (AvgIpc) is 2.43. The minimum Gasteiger partial charge on any atom is -0.412 e. The van der Waals surface area contributed by atoms with Gasteiger partial charge in [-0.3, -0.25) is 0 Å². The lowest BCUT2D eigenvalue weighted by molar-refractivity contribution is 0.295. The van der Waals surface area contributed by atoms with Crippen molar-refractivity contribution in [2.75, 3.05) is 19.6 Å². The van der Waals surface area contributed by atoms with Crippen LogP contribution in [0.1, 0.15) is 51.5 Å². The van der Waals surface area contributed by atoms with Crippen LogP contribution in [0.15, 0.2) is 30.3 Å². The fourth-order valence-electron chi connectivity index (χ4n) is 2.38. The van der Waals surface area contributed by atoms with Gasteiger partial charge in [-0.1, -0.05) is 63.4 Å². The lowest BCUT2D eigenvalue weighted by Gasteiger charge is -2.17. The second kappa shape index (κ2) is 12.2. The maximum atomic E-state index is 2.52. The third-order valence-electron chi connectivity index (χ3n) is 3.68. The number of rotatable bonds is 10. The Balaban J connectivity index is 0.00000324. The van der Waals surface area contributed by atoms with Crippen molar-refractivity contribution in [2.24, 2.45) is 0 Å². The highest BCUT2D eigenvalue weighted by molar-refractivity contribution is 5.14. The van der Waals surface area contributed by atoms with E-state index in [1.807, 2.05) is 0 Å². The summed E-state index contributed by atoms with van der Waals surface area (Å²) < 4.78 is 0. The lowest BCUT2D eigenvalue weighted by atomic mass is 10.1. The maximum absolute atomic E-state index is 2.52. The Morgan fingerprint density at radius 1 is 0.789 bits per heavy atom. The molecule has 1 rings (SSSR count). The molecule has 0 aliphatic carbocycles. The molecule has 0 bridgehead atoms. The van der Waals surface area contributed by atoms with E-state index < -0.39 is 0 Å². The first-order valence-electron chi connectivity index (χ1n) is 7.63. The summed E-state index contributed by atoms with van der Waals surface area (Å²) in [6, 6.07) is 10.8. The standard InChI is InChI=1S/C17H29N.H2O/c1-3-18(4-2)16-12-7-5-6-9-13-17-14-10-8-11-15-17;/h8,10-11,14-15H,3-7,9,12-13,16H2,1-2H3;1H2. The summed E-state index contributed by atoms with van der Waals surface area (Å²) in [6.07, 6.45) is 8.13. The van der Waals surface area contributed by atoms with Crippen LogP contribution in [-0.2, 0) is 6.42 Å². The Bertz CT molecular complexity index is 283. The van der Waals surface area contributed by atoms with Gasteiger partial charge in [0.1, 0.15) is 0 Å². The first-order valence-corrected chi connectivity index (χ1v) is 7.63. The predicted octanol–water partition coefficient (Wildman–Crippen LogP) is 3.70. The first kappa shape index (κ1) is 18.1. The first-order chi connectivity index (χ1) is 8.86. The summed E-state index contributed by atoms with van der Waals surface area (Å²) in [5.41, 5.74) is 1.49. The van der Waals surface area contributed by atoms with Crippen LogP contribution in [0.3, 0.4) is 0 Å². The van der Waals surface area contributed by atoms with Crippen LogP contribution in [0, 0.1) is 0 Å². The molecule has 0 amide bonds. The van der Waals surface area contributed by atoms with Gasteiger partial charge in [-0.15, -0.1) is 0 Å². The van der Waals surface area contributed by atoms with Crippen LogP contribution < -0.4 is 0 Å². The van der Waals surface area contributed by atoms with Gasteiger partial charge in [-0.05, 0) is 44.5 Å². The van der Waals surface area contributed by atoms with Crippen LogP contribution >= 0.6 is 0 Å². The van der Waals surface area contributed by atoms with Gasteiger partial charge in [-0.2, -0.15) is 0 Å². The van der Waals surface area contributed by atoms with E-state index in [2.05, 4.69) is 49.1 Å².